The third-order valence-electron chi connectivity index (χ3n) is 3.69. The highest BCUT2D eigenvalue weighted by Crippen LogP contribution is 2.29. The van der Waals surface area contributed by atoms with Crippen LogP contribution >= 0.6 is 11.3 Å². The van der Waals surface area contributed by atoms with Gasteiger partial charge in [-0.25, -0.2) is 4.98 Å². The molecule has 6 heteroatoms. The second kappa shape index (κ2) is 5.96. The number of carbonyl (C=O) groups is 1. The Morgan fingerprint density at radius 3 is 2.52 bits per heavy atom. The lowest BCUT2D eigenvalue weighted by Crippen LogP contribution is -2.10. The average Bonchev–Trinajstić information content (AvgIpc) is 3.12. The Labute approximate surface area is 138 Å². The normalized spacial score (nSPS) is 10.8. The number of thiazole rings is 1. The smallest absolute Gasteiger partial charge is 0.296 e. The minimum atomic E-state index is -0.344. The largest absolute Gasteiger partial charge is 0.351 e. The SMILES string of the molecule is Cc1cc(C(=O)Nc2nc(-c3cc(C)c(C)cc3C)cs2)on1. The minimum absolute atomic E-state index is 0.182. The van der Waals surface area contributed by atoms with E-state index < -0.39 is 0 Å². The van der Waals surface area contributed by atoms with Gasteiger partial charge in [-0.05, 0) is 50.5 Å². The van der Waals surface area contributed by atoms with E-state index in [-0.39, 0.29) is 11.7 Å². The van der Waals surface area contributed by atoms with E-state index in [0.717, 1.165) is 11.3 Å². The number of rotatable bonds is 3. The molecule has 23 heavy (non-hydrogen) atoms. The average molecular weight is 327 g/mol. The van der Waals surface area contributed by atoms with Crippen LogP contribution in [0.1, 0.15) is 32.9 Å². The van der Waals surface area contributed by atoms with Crippen molar-refractivity contribution in [3.63, 3.8) is 0 Å². The molecule has 0 radical (unpaired) electrons. The zero-order chi connectivity index (χ0) is 16.6. The van der Waals surface area contributed by atoms with Gasteiger partial charge in [0, 0.05) is 17.0 Å². The van der Waals surface area contributed by atoms with Crippen molar-refractivity contribution in [2.75, 3.05) is 5.32 Å². The molecule has 0 spiro atoms. The first-order valence-electron chi connectivity index (χ1n) is 7.22. The molecular formula is C17H17N3O2S. The molecule has 3 aromatic rings. The van der Waals surface area contributed by atoms with Gasteiger partial charge in [-0.3, -0.25) is 10.1 Å². The lowest BCUT2D eigenvalue weighted by Gasteiger charge is -2.07. The van der Waals surface area contributed by atoms with Gasteiger partial charge >= 0.3 is 0 Å². The molecule has 0 saturated heterocycles. The Kier molecular flexibility index (Phi) is 4.00. The number of hydrogen-bond acceptors (Lipinski definition) is 5. The Morgan fingerprint density at radius 1 is 1.09 bits per heavy atom. The van der Waals surface area contributed by atoms with E-state index in [4.69, 9.17) is 4.52 Å². The summed E-state index contributed by atoms with van der Waals surface area (Å²) in [5, 5.41) is 8.93. The summed E-state index contributed by atoms with van der Waals surface area (Å²) in [6, 6.07) is 5.88. The van der Waals surface area contributed by atoms with E-state index in [1.807, 2.05) is 5.38 Å². The molecule has 118 valence electrons. The number of hydrogen-bond donors (Lipinski definition) is 1. The van der Waals surface area contributed by atoms with Crippen molar-refractivity contribution in [1.82, 2.24) is 10.1 Å². The van der Waals surface area contributed by atoms with Crippen molar-refractivity contribution >= 4 is 22.4 Å². The Morgan fingerprint density at radius 2 is 1.83 bits per heavy atom. The van der Waals surface area contributed by atoms with Gasteiger partial charge in [-0.1, -0.05) is 11.2 Å². The number of aromatic nitrogens is 2. The fourth-order valence-electron chi connectivity index (χ4n) is 2.32. The molecule has 2 heterocycles. The first kappa shape index (κ1) is 15.4. The second-order valence-corrected chi connectivity index (χ2v) is 6.43. The monoisotopic (exact) mass is 327 g/mol. The van der Waals surface area contributed by atoms with Crippen LogP contribution in [0, 0.1) is 27.7 Å². The molecule has 0 bridgehead atoms. The quantitative estimate of drug-likeness (QED) is 0.779. The molecule has 1 N–H and O–H groups in total. The van der Waals surface area contributed by atoms with E-state index in [9.17, 15) is 4.79 Å². The highest BCUT2D eigenvalue weighted by molar-refractivity contribution is 7.14. The van der Waals surface area contributed by atoms with Crippen molar-refractivity contribution in [2.24, 2.45) is 0 Å². The zero-order valence-corrected chi connectivity index (χ0v) is 14.2. The fourth-order valence-corrected chi connectivity index (χ4v) is 3.03. The maximum absolute atomic E-state index is 12.1. The number of nitrogens with zero attached hydrogens (tertiary/aromatic N) is 2. The summed E-state index contributed by atoms with van der Waals surface area (Å²) in [5.74, 6) is -0.162. The van der Waals surface area contributed by atoms with Crippen LogP contribution in [0.5, 0.6) is 0 Å². The zero-order valence-electron chi connectivity index (χ0n) is 13.4. The molecular weight excluding hydrogens is 310 g/mol. The lowest BCUT2D eigenvalue weighted by atomic mass is 9.99. The van der Waals surface area contributed by atoms with Gasteiger partial charge < -0.3 is 4.52 Å². The van der Waals surface area contributed by atoms with Crippen LogP contribution in [-0.2, 0) is 0 Å². The molecule has 0 atom stereocenters. The summed E-state index contributed by atoms with van der Waals surface area (Å²) in [4.78, 5) is 16.6. The molecule has 2 aromatic heterocycles. The Hall–Kier alpha value is -2.47. The van der Waals surface area contributed by atoms with Crippen molar-refractivity contribution < 1.29 is 9.32 Å². The standard InChI is InChI=1S/C17H17N3O2S/c1-9-5-11(3)13(6-10(9)2)14-8-23-17(18-14)19-16(21)15-7-12(4)20-22-15/h5-8H,1-4H3,(H,18,19,21). The van der Waals surface area contributed by atoms with Crippen LogP contribution in [0.2, 0.25) is 0 Å². The van der Waals surface area contributed by atoms with E-state index in [1.54, 1.807) is 13.0 Å². The number of benzene rings is 1. The fraction of sp³-hybridized carbons (Fsp3) is 0.235. The van der Waals surface area contributed by atoms with E-state index in [2.05, 4.69) is 48.4 Å². The Bertz CT molecular complexity index is 880. The van der Waals surface area contributed by atoms with Crippen molar-refractivity contribution in [3.05, 3.63) is 51.7 Å². The summed E-state index contributed by atoms with van der Waals surface area (Å²) in [7, 11) is 0. The molecule has 5 nitrogen and oxygen atoms in total. The van der Waals surface area contributed by atoms with Gasteiger partial charge in [0.1, 0.15) is 0 Å². The predicted molar refractivity (Wildman–Crippen MR) is 91.0 cm³/mol. The van der Waals surface area contributed by atoms with Gasteiger partial charge in [0.05, 0.1) is 11.4 Å². The molecule has 0 unspecified atom stereocenters. The molecule has 1 amide bonds. The molecule has 3 rings (SSSR count). The van der Waals surface area contributed by atoms with Crippen LogP contribution in [0.3, 0.4) is 0 Å². The summed E-state index contributed by atoms with van der Waals surface area (Å²) < 4.78 is 4.95. The van der Waals surface area contributed by atoms with Crippen molar-refractivity contribution in [1.29, 1.82) is 0 Å². The first-order valence-corrected chi connectivity index (χ1v) is 8.10. The Balaban J connectivity index is 1.83. The van der Waals surface area contributed by atoms with Crippen LogP contribution in [-0.4, -0.2) is 16.0 Å². The maximum Gasteiger partial charge on any atom is 0.296 e. The second-order valence-electron chi connectivity index (χ2n) is 5.58. The number of amides is 1. The highest BCUT2D eigenvalue weighted by atomic mass is 32.1. The molecule has 0 fully saturated rings. The van der Waals surface area contributed by atoms with Crippen LogP contribution in [0.25, 0.3) is 11.3 Å². The molecule has 0 aliphatic carbocycles. The molecule has 0 aliphatic heterocycles. The number of nitrogens with one attached hydrogen (secondary N) is 1. The summed E-state index contributed by atoms with van der Waals surface area (Å²) in [6.45, 7) is 8.01. The van der Waals surface area contributed by atoms with Crippen LogP contribution in [0.15, 0.2) is 28.1 Å². The van der Waals surface area contributed by atoms with Crippen LogP contribution < -0.4 is 5.32 Å². The molecule has 1 aromatic carbocycles. The number of aryl methyl sites for hydroxylation is 4. The topological polar surface area (TPSA) is 68.0 Å². The number of carbonyl (C=O) groups excluding carboxylic acids is 1. The minimum Gasteiger partial charge on any atom is -0.351 e. The van der Waals surface area contributed by atoms with E-state index >= 15 is 0 Å². The van der Waals surface area contributed by atoms with E-state index in [1.165, 1.54) is 28.0 Å². The third kappa shape index (κ3) is 3.17. The summed E-state index contributed by atoms with van der Waals surface area (Å²) >= 11 is 1.39. The van der Waals surface area contributed by atoms with E-state index in [0.29, 0.717) is 10.8 Å². The first-order chi connectivity index (χ1) is 10.9. The van der Waals surface area contributed by atoms with Crippen molar-refractivity contribution in [3.8, 4) is 11.3 Å². The van der Waals surface area contributed by atoms with Crippen molar-refractivity contribution in [2.45, 2.75) is 27.7 Å². The van der Waals surface area contributed by atoms with Gasteiger partial charge in [0.2, 0.25) is 5.76 Å². The summed E-state index contributed by atoms with van der Waals surface area (Å²) in [5.41, 5.74) is 6.26. The van der Waals surface area contributed by atoms with Gasteiger partial charge in [0.15, 0.2) is 5.13 Å². The van der Waals surface area contributed by atoms with Gasteiger partial charge in [-0.15, -0.1) is 11.3 Å². The van der Waals surface area contributed by atoms with Crippen LogP contribution in [0.4, 0.5) is 5.13 Å². The molecule has 0 saturated carbocycles. The molecule has 0 aliphatic rings. The number of anilines is 1. The third-order valence-corrected chi connectivity index (χ3v) is 4.45. The van der Waals surface area contributed by atoms with Gasteiger partial charge in [0.25, 0.3) is 5.91 Å². The lowest BCUT2D eigenvalue weighted by molar-refractivity contribution is 0.0988. The summed E-state index contributed by atoms with van der Waals surface area (Å²) in [6.07, 6.45) is 0. The van der Waals surface area contributed by atoms with Gasteiger partial charge in [-0.2, -0.15) is 0 Å². The maximum atomic E-state index is 12.1. The predicted octanol–water partition coefficient (Wildman–Crippen LogP) is 4.28. The highest BCUT2D eigenvalue weighted by Gasteiger charge is 2.15.